The summed E-state index contributed by atoms with van der Waals surface area (Å²) >= 11 is 1.60. The molecule has 0 bridgehead atoms. The molecule has 0 aromatic carbocycles. The minimum absolute atomic E-state index is 0.133. The van der Waals surface area contributed by atoms with Crippen LogP contribution in [0.1, 0.15) is 26.2 Å². The second kappa shape index (κ2) is 7.26. The summed E-state index contributed by atoms with van der Waals surface area (Å²) in [4.78, 5) is 28.2. The third-order valence-electron chi connectivity index (χ3n) is 5.31. The van der Waals surface area contributed by atoms with Crippen molar-refractivity contribution in [1.29, 1.82) is 0 Å². The molecule has 0 unspecified atom stereocenters. The first kappa shape index (κ1) is 18.7. The summed E-state index contributed by atoms with van der Waals surface area (Å²) < 4.78 is 0. The van der Waals surface area contributed by atoms with Gasteiger partial charge in [0.15, 0.2) is 0 Å². The Bertz CT molecular complexity index is 592. The largest absolute Gasteiger partial charge is 0.477 e. The highest BCUT2D eigenvalue weighted by Gasteiger charge is 2.57. The molecule has 2 saturated heterocycles. The van der Waals surface area contributed by atoms with Gasteiger partial charge in [0.1, 0.15) is 5.70 Å². The maximum Gasteiger partial charge on any atom is 0.353 e. The minimum Gasteiger partial charge on any atom is -0.477 e. The van der Waals surface area contributed by atoms with Crippen LogP contribution in [0.25, 0.3) is 0 Å². The maximum absolute atomic E-state index is 12.2. The number of carboxylic acids is 1. The van der Waals surface area contributed by atoms with Gasteiger partial charge in [-0.25, -0.2) is 4.79 Å². The molecule has 0 radical (unpaired) electrons. The summed E-state index contributed by atoms with van der Waals surface area (Å²) in [5, 5.41) is 23.2. The summed E-state index contributed by atoms with van der Waals surface area (Å²) in [7, 11) is 4.12. The number of aliphatic carboxylic acids is 1. The van der Waals surface area contributed by atoms with E-state index in [2.05, 4.69) is 24.3 Å². The van der Waals surface area contributed by atoms with E-state index in [0.717, 1.165) is 30.8 Å². The number of thioether (sulfide) groups is 1. The van der Waals surface area contributed by atoms with Crippen molar-refractivity contribution in [3.63, 3.8) is 0 Å². The maximum atomic E-state index is 12.2. The Kier molecular flexibility index (Phi) is 5.43. The molecule has 0 spiro atoms. The van der Waals surface area contributed by atoms with E-state index in [1.165, 1.54) is 4.90 Å². The topological polar surface area (TPSA) is 93.1 Å². The van der Waals surface area contributed by atoms with Crippen molar-refractivity contribution in [2.75, 3.05) is 27.2 Å². The third-order valence-corrected chi connectivity index (χ3v) is 6.64. The first-order chi connectivity index (χ1) is 11.8. The van der Waals surface area contributed by atoms with Gasteiger partial charge in [-0.05, 0) is 40.4 Å². The van der Waals surface area contributed by atoms with Crippen LogP contribution in [0.3, 0.4) is 0 Å². The molecule has 1 amide bonds. The predicted octanol–water partition coefficient (Wildman–Crippen LogP) is 0.310. The van der Waals surface area contributed by atoms with Crippen LogP contribution in [0.5, 0.6) is 0 Å². The lowest BCUT2D eigenvalue weighted by atomic mass is 9.83. The first-order valence-corrected chi connectivity index (χ1v) is 9.70. The number of carbonyl (C=O) groups excluding carboxylic acids is 1. The molecule has 3 N–H and O–H groups in total. The molecule has 140 valence electrons. The lowest BCUT2D eigenvalue weighted by Crippen LogP contribution is -2.61. The smallest absolute Gasteiger partial charge is 0.353 e. The normalized spacial score (nSPS) is 33.0. The molecule has 0 aliphatic carbocycles. The van der Waals surface area contributed by atoms with E-state index in [-0.39, 0.29) is 17.6 Å². The number of carboxylic acid groups (broad SMARTS) is 1. The second-order valence-electron chi connectivity index (χ2n) is 7.50. The summed E-state index contributed by atoms with van der Waals surface area (Å²) in [5.74, 6) is -1.78. The highest BCUT2D eigenvalue weighted by atomic mass is 32.2. The quantitative estimate of drug-likeness (QED) is 0.556. The van der Waals surface area contributed by atoms with Crippen LogP contribution in [-0.4, -0.2) is 82.5 Å². The van der Waals surface area contributed by atoms with Crippen molar-refractivity contribution in [3.05, 3.63) is 10.6 Å². The molecular weight excluding hydrogens is 342 g/mol. The SMILES string of the molecule is C[C@@H](O)[C@H]1C(=O)N2C(C(=O)O)=C(S[C@@H]3CN[C@H](CCN(C)C)C3)C[C@H]12. The minimum atomic E-state index is -1.04. The number of β-lactam (4-membered cyclic amide) rings is 1. The van der Waals surface area contributed by atoms with Gasteiger partial charge in [0.25, 0.3) is 0 Å². The Hall–Kier alpha value is -1.09. The van der Waals surface area contributed by atoms with E-state index in [0.29, 0.717) is 17.7 Å². The Morgan fingerprint density at radius 1 is 1.48 bits per heavy atom. The van der Waals surface area contributed by atoms with Crippen LogP contribution < -0.4 is 5.32 Å². The molecule has 0 saturated carbocycles. The monoisotopic (exact) mass is 369 g/mol. The molecule has 3 rings (SSSR count). The second-order valence-corrected chi connectivity index (χ2v) is 8.89. The van der Waals surface area contributed by atoms with Crippen LogP contribution in [-0.2, 0) is 9.59 Å². The number of amides is 1. The van der Waals surface area contributed by atoms with Crippen LogP contribution in [0.2, 0.25) is 0 Å². The molecule has 2 fully saturated rings. The van der Waals surface area contributed by atoms with E-state index >= 15 is 0 Å². The standard InChI is InChI=1S/C17H27N3O4S/c1-9(21)14-12-7-13(15(17(23)24)20(12)16(14)22)25-11-6-10(18-8-11)4-5-19(2)3/h9-12,14,18,21H,4-8H2,1-3H3,(H,23,24)/t9-,10-,11+,12-,14-/m1/s1. The Morgan fingerprint density at radius 3 is 2.80 bits per heavy atom. The van der Waals surface area contributed by atoms with Crippen molar-refractivity contribution in [1.82, 2.24) is 15.1 Å². The molecule has 3 aliphatic heterocycles. The van der Waals surface area contributed by atoms with Crippen LogP contribution in [0.15, 0.2) is 10.6 Å². The summed E-state index contributed by atoms with van der Waals surface area (Å²) in [6, 6.07) is 0.263. The van der Waals surface area contributed by atoms with E-state index in [1.54, 1.807) is 18.7 Å². The zero-order chi connectivity index (χ0) is 18.3. The molecule has 7 nitrogen and oxygen atoms in total. The van der Waals surface area contributed by atoms with E-state index < -0.39 is 18.0 Å². The van der Waals surface area contributed by atoms with Gasteiger partial charge in [-0.15, -0.1) is 11.8 Å². The molecule has 8 heteroatoms. The lowest BCUT2D eigenvalue weighted by Gasteiger charge is -2.44. The third kappa shape index (κ3) is 3.58. The lowest BCUT2D eigenvalue weighted by molar-refractivity contribution is -0.161. The molecule has 25 heavy (non-hydrogen) atoms. The number of aliphatic hydroxyl groups excluding tert-OH is 1. The fourth-order valence-electron chi connectivity index (χ4n) is 4.04. The summed E-state index contributed by atoms with van der Waals surface area (Å²) in [5.41, 5.74) is 0.133. The van der Waals surface area contributed by atoms with Gasteiger partial charge in [-0.2, -0.15) is 0 Å². The first-order valence-electron chi connectivity index (χ1n) is 8.82. The molecule has 3 aliphatic rings. The van der Waals surface area contributed by atoms with Gasteiger partial charge in [0.2, 0.25) is 5.91 Å². The number of carbonyl (C=O) groups is 2. The average molecular weight is 369 g/mol. The summed E-state index contributed by atoms with van der Waals surface area (Å²) in [6.07, 6.45) is 1.89. The van der Waals surface area contributed by atoms with Crippen molar-refractivity contribution >= 4 is 23.6 Å². The molecular formula is C17H27N3O4S. The van der Waals surface area contributed by atoms with Gasteiger partial charge in [0, 0.05) is 29.2 Å². The van der Waals surface area contributed by atoms with E-state index in [4.69, 9.17) is 0 Å². The van der Waals surface area contributed by atoms with Crippen LogP contribution in [0.4, 0.5) is 0 Å². The molecule has 0 aromatic heterocycles. The number of hydrogen-bond acceptors (Lipinski definition) is 6. The van der Waals surface area contributed by atoms with E-state index in [9.17, 15) is 19.8 Å². The molecule has 5 atom stereocenters. The highest BCUT2D eigenvalue weighted by molar-refractivity contribution is 8.03. The van der Waals surface area contributed by atoms with Crippen LogP contribution >= 0.6 is 11.8 Å². The van der Waals surface area contributed by atoms with Crippen molar-refractivity contribution in [2.45, 2.75) is 49.6 Å². The van der Waals surface area contributed by atoms with Gasteiger partial charge < -0.3 is 25.3 Å². The van der Waals surface area contributed by atoms with Crippen LogP contribution in [0, 0.1) is 5.92 Å². The zero-order valence-corrected chi connectivity index (χ0v) is 15.8. The Morgan fingerprint density at radius 2 is 2.20 bits per heavy atom. The number of nitrogens with one attached hydrogen (secondary N) is 1. The number of nitrogens with zero attached hydrogens (tertiary/aromatic N) is 2. The predicted molar refractivity (Wildman–Crippen MR) is 96.0 cm³/mol. The van der Waals surface area contributed by atoms with Crippen molar-refractivity contribution < 1.29 is 19.8 Å². The summed E-state index contributed by atoms with van der Waals surface area (Å²) in [6.45, 7) is 3.48. The fourth-order valence-corrected chi connectivity index (χ4v) is 5.52. The fraction of sp³-hybridized carbons (Fsp3) is 0.765. The van der Waals surface area contributed by atoms with Crippen molar-refractivity contribution in [3.8, 4) is 0 Å². The number of fused-ring (bicyclic) bond motifs is 1. The Balaban J connectivity index is 1.64. The Labute approximate surface area is 152 Å². The molecule has 0 aromatic rings. The number of aliphatic hydroxyl groups is 1. The highest BCUT2D eigenvalue weighted by Crippen LogP contribution is 2.48. The number of hydrogen-bond donors (Lipinski definition) is 3. The van der Waals surface area contributed by atoms with Gasteiger partial charge in [0.05, 0.1) is 18.1 Å². The van der Waals surface area contributed by atoms with Crippen molar-refractivity contribution in [2.24, 2.45) is 5.92 Å². The zero-order valence-electron chi connectivity index (χ0n) is 14.9. The van der Waals surface area contributed by atoms with Gasteiger partial charge >= 0.3 is 5.97 Å². The van der Waals surface area contributed by atoms with E-state index in [1.807, 2.05) is 0 Å². The van der Waals surface area contributed by atoms with Gasteiger partial charge in [-0.1, -0.05) is 0 Å². The number of rotatable bonds is 7. The molecule has 3 heterocycles. The average Bonchev–Trinajstić information content (AvgIpc) is 3.08. The van der Waals surface area contributed by atoms with Gasteiger partial charge in [-0.3, -0.25) is 4.79 Å².